The number of nitrogens with one attached hydrogen (secondary N) is 2. The van der Waals surface area contributed by atoms with Gasteiger partial charge in [0, 0.05) is 55.0 Å². The van der Waals surface area contributed by atoms with Crippen molar-refractivity contribution in [3.05, 3.63) is 54.4 Å². The third-order valence-corrected chi connectivity index (χ3v) is 5.83. The van der Waals surface area contributed by atoms with Crippen molar-refractivity contribution in [3.8, 4) is 17.0 Å². The van der Waals surface area contributed by atoms with Crippen LogP contribution in [0.3, 0.4) is 0 Å². The Labute approximate surface area is 189 Å². The molecule has 0 saturated carbocycles. The average Bonchev–Trinajstić information content (AvgIpc) is 3.42. The minimum Gasteiger partial charge on any atom is -0.474 e. The van der Waals surface area contributed by atoms with Gasteiger partial charge in [0.1, 0.15) is 11.9 Å². The van der Waals surface area contributed by atoms with Crippen molar-refractivity contribution in [1.82, 2.24) is 29.9 Å². The Hall–Kier alpha value is -3.79. The van der Waals surface area contributed by atoms with E-state index in [-0.39, 0.29) is 11.8 Å². The summed E-state index contributed by atoms with van der Waals surface area (Å²) in [5.41, 5.74) is 2.09. The number of ether oxygens (including phenoxy) is 1. The van der Waals surface area contributed by atoms with Gasteiger partial charge in [-0.25, -0.2) is 9.37 Å². The first-order valence-electron chi connectivity index (χ1n) is 10.8. The van der Waals surface area contributed by atoms with Gasteiger partial charge in [-0.05, 0) is 32.0 Å². The van der Waals surface area contributed by atoms with Gasteiger partial charge in [0.05, 0.1) is 23.6 Å². The van der Waals surface area contributed by atoms with Gasteiger partial charge in [-0.1, -0.05) is 0 Å². The molecular formula is C23H24FN7O2. The van der Waals surface area contributed by atoms with Crippen LogP contribution in [0.1, 0.15) is 23.3 Å². The number of rotatable bonds is 5. The topological polar surface area (TPSA) is 101 Å². The fraction of sp³-hybridized carbons (Fsp3) is 0.304. The quantitative estimate of drug-likeness (QED) is 0.485. The van der Waals surface area contributed by atoms with Crippen molar-refractivity contribution < 1.29 is 13.9 Å². The number of aryl methyl sites for hydroxylation is 1. The summed E-state index contributed by atoms with van der Waals surface area (Å²) in [7, 11) is 3.86. The molecule has 170 valence electrons. The van der Waals surface area contributed by atoms with Gasteiger partial charge in [0.2, 0.25) is 5.88 Å². The fourth-order valence-corrected chi connectivity index (χ4v) is 3.98. The Kier molecular flexibility index (Phi) is 5.51. The summed E-state index contributed by atoms with van der Waals surface area (Å²) >= 11 is 0. The standard InChI is InChI=1S/C23H24FN7O2/c1-30-7-5-16(6-8-30)33-21-4-3-15(12-25-21)27-23(32)22-18-9-17(14-11-26-31(2)13-14)19(24)10-20(18)28-29-22/h3-4,9-13,16H,5-8H2,1-2H3,(H,27,32)(H,28,29). The van der Waals surface area contributed by atoms with Crippen LogP contribution in [0.4, 0.5) is 10.1 Å². The molecule has 2 N–H and O–H groups in total. The van der Waals surface area contributed by atoms with Crippen LogP contribution in [0.25, 0.3) is 22.0 Å². The van der Waals surface area contributed by atoms with Gasteiger partial charge in [-0.2, -0.15) is 10.2 Å². The lowest BCUT2D eigenvalue weighted by molar-refractivity contribution is 0.102. The van der Waals surface area contributed by atoms with E-state index in [9.17, 15) is 9.18 Å². The van der Waals surface area contributed by atoms with Gasteiger partial charge >= 0.3 is 0 Å². The Morgan fingerprint density at radius 2 is 2.03 bits per heavy atom. The monoisotopic (exact) mass is 449 g/mol. The SMILES string of the molecule is CN1CCC(Oc2ccc(NC(=O)c3n[nH]c4cc(F)c(-c5cnn(C)c5)cc34)cn2)CC1. The van der Waals surface area contributed by atoms with Crippen LogP contribution in [0, 0.1) is 5.82 Å². The van der Waals surface area contributed by atoms with E-state index >= 15 is 0 Å². The number of piperidine rings is 1. The van der Waals surface area contributed by atoms with E-state index in [4.69, 9.17) is 4.74 Å². The maximum atomic E-state index is 14.6. The Bertz CT molecular complexity index is 1290. The number of carbonyl (C=O) groups is 1. The molecule has 1 fully saturated rings. The molecule has 4 heterocycles. The smallest absolute Gasteiger partial charge is 0.276 e. The number of halogens is 1. The number of anilines is 1. The van der Waals surface area contributed by atoms with E-state index in [1.54, 1.807) is 48.5 Å². The zero-order valence-corrected chi connectivity index (χ0v) is 18.4. The largest absolute Gasteiger partial charge is 0.474 e. The van der Waals surface area contributed by atoms with Crippen LogP contribution in [0.5, 0.6) is 5.88 Å². The number of amides is 1. The predicted molar refractivity (Wildman–Crippen MR) is 122 cm³/mol. The number of pyridine rings is 1. The number of aromatic amines is 1. The first-order chi connectivity index (χ1) is 16.0. The highest BCUT2D eigenvalue weighted by molar-refractivity contribution is 6.11. The Balaban J connectivity index is 1.32. The molecule has 9 nitrogen and oxygen atoms in total. The van der Waals surface area contributed by atoms with Gasteiger partial charge in [-0.15, -0.1) is 0 Å². The fourth-order valence-electron chi connectivity index (χ4n) is 3.98. The van der Waals surface area contributed by atoms with Crippen molar-refractivity contribution in [2.75, 3.05) is 25.5 Å². The molecule has 10 heteroatoms. The van der Waals surface area contributed by atoms with Crippen molar-refractivity contribution in [1.29, 1.82) is 0 Å². The molecular weight excluding hydrogens is 425 g/mol. The minimum atomic E-state index is -0.421. The third-order valence-electron chi connectivity index (χ3n) is 5.83. The second kappa shape index (κ2) is 8.62. The van der Waals surface area contributed by atoms with E-state index in [2.05, 4.69) is 37.5 Å². The van der Waals surface area contributed by atoms with Crippen molar-refractivity contribution in [3.63, 3.8) is 0 Å². The average molecular weight is 449 g/mol. The summed E-state index contributed by atoms with van der Waals surface area (Å²) in [6, 6.07) is 6.42. The summed E-state index contributed by atoms with van der Waals surface area (Å²) < 4.78 is 22.1. The molecule has 0 spiro atoms. The van der Waals surface area contributed by atoms with Crippen molar-refractivity contribution >= 4 is 22.5 Å². The van der Waals surface area contributed by atoms with Gasteiger partial charge in [-0.3, -0.25) is 14.6 Å². The molecule has 0 radical (unpaired) electrons. The zero-order chi connectivity index (χ0) is 22.9. The molecule has 1 amide bonds. The maximum Gasteiger partial charge on any atom is 0.276 e. The highest BCUT2D eigenvalue weighted by Crippen LogP contribution is 2.28. The molecule has 5 rings (SSSR count). The lowest BCUT2D eigenvalue weighted by Gasteiger charge is -2.28. The number of benzene rings is 1. The summed E-state index contributed by atoms with van der Waals surface area (Å²) in [4.78, 5) is 19.5. The number of aromatic nitrogens is 5. The molecule has 0 bridgehead atoms. The lowest BCUT2D eigenvalue weighted by atomic mass is 10.1. The molecule has 1 aromatic carbocycles. The molecule has 0 unspecified atom stereocenters. The van der Waals surface area contributed by atoms with Crippen LogP contribution < -0.4 is 10.1 Å². The van der Waals surface area contributed by atoms with Crippen molar-refractivity contribution in [2.45, 2.75) is 18.9 Å². The number of fused-ring (bicyclic) bond motifs is 1. The molecule has 1 aliphatic rings. The van der Waals surface area contributed by atoms with Crippen LogP contribution in [-0.2, 0) is 7.05 Å². The van der Waals surface area contributed by atoms with E-state index < -0.39 is 11.7 Å². The first-order valence-corrected chi connectivity index (χ1v) is 10.8. The van der Waals surface area contributed by atoms with Crippen molar-refractivity contribution in [2.24, 2.45) is 7.05 Å². The lowest BCUT2D eigenvalue weighted by Crippen LogP contribution is -2.35. The van der Waals surface area contributed by atoms with E-state index in [0.29, 0.717) is 33.6 Å². The summed E-state index contributed by atoms with van der Waals surface area (Å²) in [5, 5.41) is 14.2. The molecule has 0 atom stereocenters. The zero-order valence-electron chi connectivity index (χ0n) is 18.4. The third kappa shape index (κ3) is 4.42. The highest BCUT2D eigenvalue weighted by atomic mass is 19.1. The molecule has 4 aromatic rings. The number of hydrogen-bond acceptors (Lipinski definition) is 6. The normalized spacial score (nSPS) is 15.1. The number of hydrogen-bond donors (Lipinski definition) is 2. The molecule has 3 aromatic heterocycles. The number of likely N-dealkylation sites (tertiary alicyclic amines) is 1. The molecule has 1 saturated heterocycles. The highest BCUT2D eigenvalue weighted by Gasteiger charge is 2.20. The minimum absolute atomic E-state index is 0.152. The van der Waals surface area contributed by atoms with Crippen LogP contribution >= 0.6 is 0 Å². The summed E-state index contributed by atoms with van der Waals surface area (Å²) in [6.45, 7) is 2.01. The van der Waals surface area contributed by atoms with E-state index in [1.165, 1.54) is 6.07 Å². The summed E-state index contributed by atoms with van der Waals surface area (Å²) in [5.74, 6) is -0.310. The molecule has 0 aliphatic carbocycles. The number of nitrogens with zero attached hydrogens (tertiary/aromatic N) is 5. The van der Waals surface area contributed by atoms with E-state index in [1.807, 2.05) is 0 Å². The van der Waals surface area contributed by atoms with E-state index in [0.717, 1.165) is 25.9 Å². The number of carbonyl (C=O) groups excluding carboxylic acids is 1. The molecule has 1 aliphatic heterocycles. The van der Waals surface area contributed by atoms with Crippen LogP contribution in [0.15, 0.2) is 42.9 Å². The van der Waals surface area contributed by atoms with Crippen LogP contribution in [-0.4, -0.2) is 62.0 Å². The molecule has 33 heavy (non-hydrogen) atoms. The predicted octanol–water partition coefficient (Wildman–Crippen LogP) is 3.22. The van der Waals surface area contributed by atoms with Gasteiger partial charge in [0.15, 0.2) is 5.69 Å². The van der Waals surface area contributed by atoms with Gasteiger partial charge < -0.3 is 15.0 Å². The second-order valence-corrected chi connectivity index (χ2v) is 8.31. The van der Waals surface area contributed by atoms with Crippen LogP contribution in [0.2, 0.25) is 0 Å². The maximum absolute atomic E-state index is 14.6. The van der Waals surface area contributed by atoms with Gasteiger partial charge in [0.25, 0.3) is 5.91 Å². The number of H-pyrrole nitrogens is 1. The summed E-state index contributed by atoms with van der Waals surface area (Å²) in [6.07, 6.45) is 6.92. The second-order valence-electron chi connectivity index (χ2n) is 8.31. The Morgan fingerprint density at radius 1 is 1.21 bits per heavy atom. The first kappa shape index (κ1) is 21.1. The Morgan fingerprint density at radius 3 is 2.73 bits per heavy atom.